The Bertz CT molecular complexity index is 847. The molecule has 8 heteroatoms. The predicted molar refractivity (Wildman–Crippen MR) is 93.1 cm³/mol. The topological polar surface area (TPSA) is 76.0 Å². The molecule has 3 rings (SSSR count). The van der Waals surface area contributed by atoms with Crippen LogP contribution in [0.25, 0.3) is 0 Å². The summed E-state index contributed by atoms with van der Waals surface area (Å²) in [6.45, 7) is 0.378. The van der Waals surface area contributed by atoms with Crippen LogP contribution in [0, 0.1) is 11.6 Å². The summed E-state index contributed by atoms with van der Waals surface area (Å²) < 4.78 is 28.0. The van der Waals surface area contributed by atoms with Crippen LogP contribution in [0.15, 0.2) is 35.4 Å². The third-order valence-electron chi connectivity index (χ3n) is 4.49. The molecule has 1 aromatic heterocycles. The number of rotatable bonds is 5. The normalized spacial score (nSPS) is 14.4. The van der Waals surface area contributed by atoms with Gasteiger partial charge in [-0.25, -0.2) is 18.6 Å². The fraction of sp³-hybridized carbons (Fsp3) is 0.389. The Balaban J connectivity index is 1.52. The van der Waals surface area contributed by atoms with E-state index in [0.717, 1.165) is 36.7 Å². The zero-order valence-corrected chi connectivity index (χ0v) is 14.2. The molecule has 138 valence electrons. The van der Waals surface area contributed by atoms with Gasteiger partial charge in [0, 0.05) is 31.1 Å². The molecular formula is C18H20F2N4O2. The number of amides is 2. The minimum Gasteiger partial charge on any atom is -0.336 e. The number of benzene rings is 1. The van der Waals surface area contributed by atoms with Crippen molar-refractivity contribution in [3.8, 4) is 0 Å². The molecule has 2 N–H and O–H groups in total. The summed E-state index contributed by atoms with van der Waals surface area (Å²) in [6, 6.07) is 3.66. The first-order chi connectivity index (χ1) is 12.5. The van der Waals surface area contributed by atoms with E-state index in [4.69, 9.17) is 0 Å². The van der Waals surface area contributed by atoms with Crippen molar-refractivity contribution in [3.63, 3.8) is 0 Å². The van der Waals surface area contributed by atoms with Crippen molar-refractivity contribution in [2.45, 2.75) is 38.1 Å². The molecule has 0 aliphatic heterocycles. The lowest BCUT2D eigenvalue weighted by atomic mass is 10.0. The first kappa shape index (κ1) is 18.0. The third kappa shape index (κ3) is 4.44. The van der Waals surface area contributed by atoms with Crippen LogP contribution >= 0.6 is 0 Å². The fourth-order valence-corrected chi connectivity index (χ4v) is 3.10. The number of carbonyl (C=O) groups excluding carboxylic acids is 1. The minimum atomic E-state index is -0.732. The number of anilines is 1. The Labute approximate surface area is 149 Å². The van der Waals surface area contributed by atoms with Crippen molar-refractivity contribution in [3.05, 3.63) is 58.3 Å². The molecule has 0 bridgehead atoms. The van der Waals surface area contributed by atoms with Crippen molar-refractivity contribution in [2.75, 3.05) is 11.9 Å². The lowest BCUT2D eigenvalue weighted by molar-refractivity contribution is 0.251. The Morgan fingerprint density at radius 3 is 2.73 bits per heavy atom. The maximum absolute atomic E-state index is 13.5. The van der Waals surface area contributed by atoms with Crippen molar-refractivity contribution >= 4 is 11.7 Å². The Morgan fingerprint density at radius 2 is 2.00 bits per heavy atom. The average molecular weight is 362 g/mol. The first-order valence-electron chi connectivity index (χ1n) is 8.59. The van der Waals surface area contributed by atoms with Crippen LogP contribution in [-0.2, 0) is 6.54 Å². The van der Waals surface area contributed by atoms with Gasteiger partial charge in [-0.05, 0) is 25.0 Å². The quantitative estimate of drug-likeness (QED) is 0.859. The number of aromatic nitrogens is 2. The van der Waals surface area contributed by atoms with Gasteiger partial charge in [0.05, 0.1) is 17.7 Å². The highest BCUT2D eigenvalue weighted by Crippen LogP contribution is 2.32. The molecule has 1 heterocycles. The molecular weight excluding hydrogens is 342 g/mol. The molecule has 0 saturated heterocycles. The molecule has 1 saturated carbocycles. The molecule has 1 aromatic carbocycles. The van der Waals surface area contributed by atoms with Crippen LogP contribution in [0.3, 0.4) is 0 Å². The molecule has 0 unspecified atom stereocenters. The third-order valence-corrected chi connectivity index (χ3v) is 4.49. The summed E-state index contributed by atoms with van der Waals surface area (Å²) >= 11 is 0. The molecule has 1 fully saturated rings. The van der Waals surface area contributed by atoms with Crippen LogP contribution in [0.1, 0.15) is 37.3 Å². The number of nitrogens with zero attached hydrogens (tertiary/aromatic N) is 2. The highest BCUT2D eigenvalue weighted by atomic mass is 19.1. The van der Waals surface area contributed by atoms with Gasteiger partial charge in [0.1, 0.15) is 11.6 Å². The number of urea groups is 1. The lowest BCUT2D eigenvalue weighted by Crippen LogP contribution is -2.34. The number of hydrogen-bond donors (Lipinski definition) is 2. The second kappa shape index (κ2) is 8.07. The number of halogens is 2. The van der Waals surface area contributed by atoms with Crippen LogP contribution < -0.4 is 16.2 Å². The molecule has 1 aliphatic carbocycles. The second-order valence-electron chi connectivity index (χ2n) is 6.33. The van der Waals surface area contributed by atoms with Gasteiger partial charge >= 0.3 is 6.03 Å². The zero-order valence-electron chi connectivity index (χ0n) is 14.2. The number of hydrogen-bond acceptors (Lipinski definition) is 3. The largest absolute Gasteiger partial charge is 0.336 e. The fourth-order valence-electron chi connectivity index (χ4n) is 3.10. The molecule has 2 aromatic rings. The van der Waals surface area contributed by atoms with Crippen LogP contribution in [-0.4, -0.2) is 22.1 Å². The summed E-state index contributed by atoms with van der Waals surface area (Å²) in [5, 5.41) is 4.73. The van der Waals surface area contributed by atoms with Gasteiger partial charge in [-0.15, -0.1) is 0 Å². The van der Waals surface area contributed by atoms with Gasteiger partial charge in [0.2, 0.25) is 0 Å². The molecule has 1 aliphatic rings. The van der Waals surface area contributed by atoms with Crippen LogP contribution in [0.4, 0.5) is 19.3 Å². The van der Waals surface area contributed by atoms with E-state index in [2.05, 4.69) is 15.6 Å². The Kier molecular flexibility index (Phi) is 5.60. The van der Waals surface area contributed by atoms with Crippen molar-refractivity contribution < 1.29 is 13.6 Å². The van der Waals surface area contributed by atoms with Crippen molar-refractivity contribution in [2.24, 2.45) is 0 Å². The van der Waals surface area contributed by atoms with E-state index in [1.165, 1.54) is 23.7 Å². The maximum Gasteiger partial charge on any atom is 0.319 e. The van der Waals surface area contributed by atoms with Gasteiger partial charge < -0.3 is 10.6 Å². The van der Waals surface area contributed by atoms with E-state index in [1.54, 1.807) is 6.07 Å². The SMILES string of the molecule is O=C(NCCn1cnc(C2CCCC2)cc1=O)Nc1cc(F)ccc1F. The Morgan fingerprint density at radius 1 is 1.23 bits per heavy atom. The van der Waals surface area contributed by atoms with Gasteiger partial charge in [-0.1, -0.05) is 12.8 Å². The Hall–Kier alpha value is -2.77. The smallest absolute Gasteiger partial charge is 0.319 e. The van der Waals surface area contributed by atoms with Crippen LogP contribution in [0.2, 0.25) is 0 Å². The summed E-state index contributed by atoms with van der Waals surface area (Å²) in [6.07, 6.45) is 5.95. The van der Waals surface area contributed by atoms with E-state index in [0.29, 0.717) is 5.92 Å². The van der Waals surface area contributed by atoms with E-state index in [-0.39, 0.29) is 24.3 Å². The van der Waals surface area contributed by atoms with E-state index >= 15 is 0 Å². The van der Waals surface area contributed by atoms with Gasteiger partial charge in [-0.2, -0.15) is 0 Å². The highest BCUT2D eigenvalue weighted by Gasteiger charge is 2.18. The molecule has 0 radical (unpaired) electrons. The van der Waals surface area contributed by atoms with Gasteiger partial charge in [-0.3, -0.25) is 9.36 Å². The standard InChI is InChI=1S/C18H20F2N4O2/c19-13-5-6-14(20)16(9-13)23-18(26)21-7-8-24-11-22-15(10-17(24)25)12-3-1-2-4-12/h5-6,9-12H,1-4,7-8H2,(H2,21,23,26). The van der Waals surface area contributed by atoms with E-state index in [9.17, 15) is 18.4 Å². The monoisotopic (exact) mass is 362 g/mol. The summed E-state index contributed by atoms with van der Waals surface area (Å²) in [7, 11) is 0. The van der Waals surface area contributed by atoms with Crippen molar-refractivity contribution in [1.82, 2.24) is 14.9 Å². The van der Waals surface area contributed by atoms with Crippen molar-refractivity contribution in [1.29, 1.82) is 0 Å². The number of nitrogens with one attached hydrogen (secondary N) is 2. The molecule has 6 nitrogen and oxygen atoms in total. The minimum absolute atomic E-state index is 0.146. The first-order valence-corrected chi connectivity index (χ1v) is 8.59. The highest BCUT2D eigenvalue weighted by molar-refractivity contribution is 5.89. The summed E-state index contributed by atoms with van der Waals surface area (Å²) in [5.41, 5.74) is 0.415. The van der Waals surface area contributed by atoms with Gasteiger partial charge in [0.15, 0.2) is 0 Å². The predicted octanol–water partition coefficient (Wildman–Crippen LogP) is 3.00. The second-order valence-corrected chi connectivity index (χ2v) is 6.33. The average Bonchev–Trinajstić information content (AvgIpc) is 3.14. The molecule has 2 amide bonds. The summed E-state index contributed by atoms with van der Waals surface area (Å²) in [4.78, 5) is 28.3. The number of carbonyl (C=O) groups is 1. The van der Waals surface area contributed by atoms with E-state index in [1.807, 2.05) is 0 Å². The van der Waals surface area contributed by atoms with Crippen LogP contribution in [0.5, 0.6) is 0 Å². The molecule has 26 heavy (non-hydrogen) atoms. The maximum atomic E-state index is 13.5. The molecule has 0 spiro atoms. The zero-order chi connectivity index (χ0) is 18.5. The van der Waals surface area contributed by atoms with Gasteiger partial charge in [0.25, 0.3) is 5.56 Å². The molecule has 0 atom stereocenters. The lowest BCUT2D eigenvalue weighted by Gasteiger charge is -2.11. The summed E-state index contributed by atoms with van der Waals surface area (Å²) in [5.74, 6) is -1.02. The van der Waals surface area contributed by atoms with E-state index < -0.39 is 17.7 Å².